The predicted molar refractivity (Wildman–Crippen MR) is 96.2 cm³/mol. The van der Waals surface area contributed by atoms with Crippen LogP contribution >= 0.6 is 12.4 Å². The summed E-state index contributed by atoms with van der Waals surface area (Å²) in [5.41, 5.74) is 6.29. The van der Waals surface area contributed by atoms with E-state index in [1.165, 1.54) is 18.4 Å². The molecule has 1 heterocycles. The summed E-state index contributed by atoms with van der Waals surface area (Å²) in [7, 11) is -3.50. The molecule has 1 amide bonds. The van der Waals surface area contributed by atoms with Crippen molar-refractivity contribution in [3.8, 4) is 0 Å². The van der Waals surface area contributed by atoms with Crippen LogP contribution in [0.2, 0.25) is 0 Å². The van der Waals surface area contributed by atoms with Crippen molar-refractivity contribution in [1.29, 1.82) is 0 Å². The Morgan fingerprint density at radius 2 is 1.92 bits per heavy atom. The largest absolute Gasteiger partial charge is 0.467 e. The molecule has 1 fully saturated rings. The van der Waals surface area contributed by atoms with Crippen molar-refractivity contribution in [3.05, 3.63) is 47.9 Å². The minimum atomic E-state index is -3.50. The number of nitrogens with two attached hydrogens (primary N) is 1. The molecule has 1 saturated carbocycles. The highest BCUT2D eigenvalue weighted by Crippen LogP contribution is 2.28. The van der Waals surface area contributed by atoms with Gasteiger partial charge in [-0.25, -0.2) is 13.1 Å². The second kappa shape index (κ2) is 8.01. The molecule has 0 spiro atoms. The Bertz CT molecular complexity index is 829. The van der Waals surface area contributed by atoms with Gasteiger partial charge in [-0.2, -0.15) is 0 Å². The molecule has 25 heavy (non-hydrogen) atoms. The third-order valence-corrected chi connectivity index (χ3v) is 5.24. The summed E-state index contributed by atoms with van der Waals surface area (Å²) in [5, 5.41) is 2.68. The summed E-state index contributed by atoms with van der Waals surface area (Å²) in [6.45, 7) is 0.693. The van der Waals surface area contributed by atoms with Crippen LogP contribution in [0.4, 0.5) is 5.69 Å². The molecule has 136 valence electrons. The lowest BCUT2D eigenvalue weighted by atomic mass is 10.2. The lowest BCUT2D eigenvalue weighted by Gasteiger charge is -2.08. The predicted octanol–water partition coefficient (Wildman–Crippen LogP) is 2.10. The van der Waals surface area contributed by atoms with E-state index in [0.29, 0.717) is 29.5 Å². The molecular formula is C16H20ClN3O4S. The highest BCUT2D eigenvalue weighted by Gasteiger charge is 2.24. The molecule has 7 nitrogen and oxygen atoms in total. The fourth-order valence-corrected chi connectivity index (χ4v) is 3.28. The van der Waals surface area contributed by atoms with Gasteiger partial charge in [0.05, 0.1) is 17.0 Å². The van der Waals surface area contributed by atoms with E-state index in [1.807, 2.05) is 0 Å². The third-order valence-electron chi connectivity index (χ3n) is 3.80. The Morgan fingerprint density at radius 1 is 1.24 bits per heavy atom. The average molecular weight is 386 g/mol. The van der Waals surface area contributed by atoms with Crippen molar-refractivity contribution in [2.24, 2.45) is 11.7 Å². The van der Waals surface area contributed by atoms with E-state index >= 15 is 0 Å². The van der Waals surface area contributed by atoms with Crippen molar-refractivity contribution < 1.29 is 17.6 Å². The van der Waals surface area contributed by atoms with Crippen molar-refractivity contribution >= 4 is 34.0 Å². The van der Waals surface area contributed by atoms with Crippen LogP contribution in [0.1, 0.15) is 29.0 Å². The highest BCUT2D eigenvalue weighted by atomic mass is 35.5. The normalized spacial score (nSPS) is 14.0. The van der Waals surface area contributed by atoms with Crippen LogP contribution in [0.15, 0.2) is 45.9 Å². The molecule has 2 aromatic rings. The molecule has 0 atom stereocenters. The molecule has 4 N–H and O–H groups in total. The van der Waals surface area contributed by atoms with Crippen LogP contribution in [0, 0.1) is 5.92 Å². The van der Waals surface area contributed by atoms with E-state index in [0.717, 1.165) is 12.8 Å². The maximum absolute atomic E-state index is 12.1. The zero-order valence-corrected chi connectivity index (χ0v) is 15.0. The van der Waals surface area contributed by atoms with Gasteiger partial charge in [-0.3, -0.25) is 4.79 Å². The molecule has 9 heteroatoms. The zero-order chi connectivity index (χ0) is 17.2. The summed E-state index contributed by atoms with van der Waals surface area (Å²) in [6, 6.07) is 7.59. The molecule has 3 rings (SSSR count). The Labute approximate surface area is 152 Å². The lowest BCUT2D eigenvalue weighted by molar-refractivity contribution is 0.102. The van der Waals surface area contributed by atoms with E-state index in [2.05, 4.69) is 10.0 Å². The number of furan rings is 1. The topological polar surface area (TPSA) is 114 Å². The van der Waals surface area contributed by atoms with Crippen LogP contribution in [0.5, 0.6) is 0 Å². The van der Waals surface area contributed by atoms with Gasteiger partial charge in [0.2, 0.25) is 10.0 Å². The molecular weight excluding hydrogens is 366 g/mol. The Morgan fingerprint density at radius 3 is 2.48 bits per heavy atom. The van der Waals surface area contributed by atoms with E-state index in [-0.39, 0.29) is 29.8 Å². The number of nitrogens with one attached hydrogen (secondary N) is 2. The number of carbonyl (C=O) groups is 1. The van der Waals surface area contributed by atoms with E-state index in [9.17, 15) is 13.2 Å². The van der Waals surface area contributed by atoms with Crippen LogP contribution in [-0.4, -0.2) is 20.9 Å². The fraction of sp³-hybridized carbons (Fsp3) is 0.312. The number of hydrogen-bond donors (Lipinski definition) is 3. The van der Waals surface area contributed by atoms with Crippen LogP contribution < -0.4 is 15.8 Å². The fourth-order valence-electron chi connectivity index (χ4n) is 2.16. The molecule has 1 aliphatic rings. The van der Waals surface area contributed by atoms with Gasteiger partial charge in [0.1, 0.15) is 12.0 Å². The van der Waals surface area contributed by atoms with Gasteiger partial charge in [0.25, 0.3) is 5.91 Å². The summed E-state index contributed by atoms with van der Waals surface area (Å²) in [5.74, 6) is 0.635. The summed E-state index contributed by atoms with van der Waals surface area (Å²) in [4.78, 5) is 12.2. The van der Waals surface area contributed by atoms with Gasteiger partial charge < -0.3 is 15.5 Å². The number of sulfonamides is 1. The van der Waals surface area contributed by atoms with Crippen LogP contribution in [0.3, 0.4) is 0 Å². The first kappa shape index (κ1) is 19.5. The third kappa shape index (κ3) is 5.05. The second-order valence-corrected chi connectivity index (χ2v) is 7.55. The molecule has 0 unspecified atom stereocenters. The average Bonchev–Trinajstić information content (AvgIpc) is 3.28. The molecule has 1 aromatic carbocycles. The van der Waals surface area contributed by atoms with Gasteiger partial charge >= 0.3 is 0 Å². The Balaban J connectivity index is 0.00000225. The lowest BCUT2D eigenvalue weighted by Crippen LogP contribution is -2.25. The zero-order valence-electron chi connectivity index (χ0n) is 13.4. The molecule has 1 aliphatic carbocycles. The number of carbonyl (C=O) groups excluding carboxylic acids is 1. The molecule has 1 aromatic heterocycles. The van der Waals surface area contributed by atoms with Crippen LogP contribution in [-0.2, 0) is 16.6 Å². The Hall–Kier alpha value is -1.87. The van der Waals surface area contributed by atoms with Crippen molar-refractivity contribution in [2.45, 2.75) is 24.3 Å². The van der Waals surface area contributed by atoms with Crippen molar-refractivity contribution in [3.63, 3.8) is 0 Å². The smallest absolute Gasteiger partial charge is 0.258 e. The van der Waals surface area contributed by atoms with E-state index in [1.54, 1.807) is 18.2 Å². The number of benzene rings is 1. The number of amides is 1. The minimum Gasteiger partial charge on any atom is -0.467 e. The summed E-state index contributed by atoms with van der Waals surface area (Å²) < 4.78 is 32.0. The SMILES string of the molecule is Cl.NCc1cc(C(=O)Nc2ccc(S(=O)(=O)NCC3CC3)cc2)co1. The molecule has 0 aliphatic heterocycles. The van der Waals surface area contributed by atoms with Gasteiger partial charge in [-0.05, 0) is 49.1 Å². The summed E-state index contributed by atoms with van der Waals surface area (Å²) >= 11 is 0. The number of hydrogen-bond acceptors (Lipinski definition) is 5. The Kier molecular flexibility index (Phi) is 6.23. The van der Waals surface area contributed by atoms with E-state index in [4.69, 9.17) is 10.2 Å². The van der Waals surface area contributed by atoms with Crippen molar-refractivity contribution in [1.82, 2.24) is 4.72 Å². The summed E-state index contributed by atoms with van der Waals surface area (Å²) in [6.07, 6.45) is 3.49. The van der Waals surface area contributed by atoms with Gasteiger partial charge in [0, 0.05) is 12.2 Å². The first-order valence-electron chi connectivity index (χ1n) is 7.66. The molecule has 0 saturated heterocycles. The highest BCUT2D eigenvalue weighted by molar-refractivity contribution is 7.89. The first-order chi connectivity index (χ1) is 11.5. The van der Waals surface area contributed by atoms with E-state index < -0.39 is 10.0 Å². The maximum Gasteiger partial charge on any atom is 0.258 e. The van der Waals surface area contributed by atoms with Gasteiger partial charge in [-0.1, -0.05) is 0 Å². The maximum atomic E-state index is 12.1. The quantitative estimate of drug-likeness (QED) is 0.675. The number of rotatable bonds is 7. The standard InChI is InChI=1S/C16H19N3O4S.ClH/c17-8-14-7-12(10-23-14)16(20)19-13-3-5-15(6-4-13)24(21,22)18-9-11-1-2-11;/h3-7,10-11,18H,1-2,8-9,17H2,(H,19,20);1H. The minimum absolute atomic E-state index is 0. The molecule has 0 radical (unpaired) electrons. The van der Waals surface area contributed by atoms with Gasteiger partial charge in [-0.15, -0.1) is 12.4 Å². The number of halogens is 1. The monoisotopic (exact) mass is 385 g/mol. The molecule has 0 bridgehead atoms. The first-order valence-corrected chi connectivity index (χ1v) is 9.15. The van der Waals surface area contributed by atoms with Crippen LogP contribution in [0.25, 0.3) is 0 Å². The van der Waals surface area contributed by atoms with Crippen molar-refractivity contribution in [2.75, 3.05) is 11.9 Å². The second-order valence-electron chi connectivity index (χ2n) is 5.78. The number of anilines is 1. The van der Waals surface area contributed by atoms with Gasteiger partial charge in [0.15, 0.2) is 0 Å².